The van der Waals surface area contributed by atoms with E-state index in [1.165, 1.54) is 18.2 Å². The molecule has 0 spiro atoms. The van der Waals surface area contributed by atoms with Crippen molar-refractivity contribution in [1.82, 2.24) is 19.5 Å². The van der Waals surface area contributed by atoms with Crippen molar-refractivity contribution in [2.24, 2.45) is 0 Å². The summed E-state index contributed by atoms with van der Waals surface area (Å²) in [6.45, 7) is 1.74. The fraction of sp³-hybridized carbons (Fsp3) is 0.0952. The predicted octanol–water partition coefficient (Wildman–Crippen LogP) is 4.53. The van der Waals surface area contributed by atoms with Gasteiger partial charge >= 0.3 is 6.18 Å². The Morgan fingerprint density at radius 2 is 1.67 bits per heavy atom. The van der Waals surface area contributed by atoms with E-state index >= 15 is 0 Å². The van der Waals surface area contributed by atoms with Gasteiger partial charge in [0, 0.05) is 29.8 Å². The van der Waals surface area contributed by atoms with Crippen LogP contribution < -0.4 is 10.0 Å². The number of halogens is 3. The van der Waals surface area contributed by atoms with Gasteiger partial charge < -0.3 is 5.32 Å². The van der Waals surface area contributed by atoms with Crippen molar-refractivity contribution in [3.8, 4) is 5.82 Å². The van der Waals surface area contributed by atoms with Gasteiger partial charge in [-0.25, -0.2) is 23.4 Å². The lowest BCUT2D eigenvalue weighted by Crippen LogP contribution is -2.18. The number of nitrogens with zero attached hydrogens (tertiary/aromatic N) is 4. The lowest BCUT2D eigenvalue weighted by molar-refractivity contribution is -0.139. The van der Waals surface area contributed by atoms with Crippen molar-refractivity contribution in [1.29, 1.82) is 0 Å². The van der Waals surface area contributed by atoms with Gasteiger partial charge in [0.05, 0.1) is 10.5 Å². The standard InChI is InChI=1S/C21H17F3N6O2S/c1-14-26-19(12-20(27-14)30-11-10-25-13-30)28-15-6-8-16(9-7-15)29-33(31,32)18-5-3-2-4-17(18)21(22,23)24/h2-13,29H,1H3,(H,26,27,28). The third kappa shape index (κ3) is 5.12. The molecule has 0 saturated heterocycles. The van der Waals surface area contributed by atoms with E-state index in [1.54, 1.807) is 48.4 Å². The maximum Gasteiger partial charge on any atom is 0.417 e. The number of benzene rings is 2. The largest absolute Gasteiger partial charge is 0.417 e. The van der Waals surface area contributed by atoms with Crippen molar-refractivity contribution in [3.63, 3.8) is 0 Å². The number of hydrogen-bond donors (Lipinski definition) is 2. The fourth-order valence-corrected chi connectivity index (χ4v) is 4.34. The number of anilines is 3. The molecule has 0 radical (unpaired) electrons. The predicted molar refractivity (Wildman–Crippen MR) is 116 cm³/mol. The monoisotopic (exact) mass is 474 g/mol. The molecule has 170 valence electrons. The molecular weight excluding hydrogens is 457 g/mol. The highest BCUT2D eigenvalue weighted by Crippen LogP contribution is 2.34. The van der Waals surface area contributed by atoms with Gasteiger partial charge in [-0.1, -0.05) is 12.1 Å². The first-order chi connectivity index (χ1) is 15.6. The van der Waals surface area contributed by atoms with Gasteiger partial charge in [0.25, 0.3) is 10.0 Å². The molecule has 0 aliphatic rings. The van der Waals surface area contributed by atoms with Crippen molar-refractivity contribution in [2.45, 2.75) is 18.0 Å². The Bertz CT molecular complexity index is 1370. The third-order valence-electron chi connectivity index (χ3n) is 4.48. The Morgan fingerprint density at radius 3 is 2.33 bits per heavy atom. The zero-order valence-corrected chi connectivity index (χ0v) is 17.9. The lowest BCUT2D eigenvalue weighted by Gasteiger charge is -2.14. The number of nitrogens with one attached hydrogen (secondary N) is 2. The smallest absolute Gasteiger partial charge is 0.340 e. The summed E-state index contributed by atoms with van der Waals surface area (Å²) >= 11 is 0. The van der Waals surface area contributed by atoms with E-state index in [4.69, 9.17) is 0 Å². The zero-order valence-electron chi connectivity index (χ0n) is 17.1. The molecule has 12 heteroatoms. The Kier molecular flexibility index (Phi) is 5.77. The second kappa shape index (κ2) is 8.54. The van der Waals surface area contributed by atoms with Gasteiger partial charge in [0.1, 0.15) is 23.8 Å². The van der Waals surface area contributed by atoms with Crippen LogP contribution in [0.4, 0.5) is 30.4 Å². The molecule has 0 fully saturated rings. The minimum Gasteiger partial charge on any atom is -0.340 e. The summed E-state index contributed by atoms with van der Waals surface area (Å²) in [7, 11) is -4.45. The molecule has 2 aromatic heterocycles. The minimum absolute atomic E-state index is 0.107. The zero-order chi connectivity index (χ0) is 23.6. The molecule has 0 amide bonds. The highest BCUT2D eigenvalue weighted by Gasteiger charge is 2.36. The quantitative estimate of drug-likeness (QED) is 0.426. The van der Waals surface area contributed by atoms with Gasteiger partial charge in [-0.3, -0.25) is 9.29 Å². The second-order valence-electron chi connectivity index (χ2n) is 6.93. The van der Waals surface area contributed by atoms with Crippen molar-refractivity contribution in [2.75, 3.05) is 10.0 Å². The van der Waals surface area contributed by atoms with Crippen LogP contribution in [-0.2, 0) is 16.2 Å². The number of alkyl halides is 3. The second-order valence-corrected chi connectivity index (χ2v) is 8.58. The molecular formula is C21H17F3N6O2S. The lowest BCUT2D eigenvalue weighted by atomic mass is 10.2. The van der Waals surface area contributed by atoms with Crippen LogP contribution in [0.3, 0.4) is 0 Å². The molecule has 0 aliphatic carbocycles. The van der Waals surface area contributed by atoms with E-state index in [0.717, 1.165) is 18.2 Å². The molecule has 8 nitrogen and oxygen atoms in total. The average molecular weight is 474 g/mol. The van der Waals surface area contributed by atoms with Crippen LogP contribution in [0.5, 0.6) is 0 Å². The maximum absolute atomic E-state index is 13.2. The summed E-state index contributed by atoms with van der Waals surface area (Å²) in [5.74, 6) is 1.63. The van der Waals surface area contributed by atoms with Crippen LogP contribution in [0.1, 0.15) is 11.4 Å². The minimum atomic E-state index is -4.80. The van der Waals surface area contributed by atoms with E-state index in [9.17, 15) is 21.6 Å². The first-order valence-corrected chi connectivity index (χ1v) is 11.0. The number of hydrogen-bond acceptors (Lipinski definition) is 6. The number of aromatic nitrogens is 4. The number of sulfonamides is 1. The first kappa shape index (κ1) is 22.3. The van der Waals surface area contributed by atoms with Crippen LogP contribution in [0, 0.1) is 6.92 Å². The van der Waals surface area contributed by atoms with Crippen LogP contribution in [0.15, 0.2) is 78.2 Å². The van der Waals surface area contributed by atoms with Crippen LogP contribution in [-0.4, -0.2) is 27.9 Å². The molecule has 2 aromatic carbocycles. The van der Waals surface area contributed by atoms with E-state index in [1.807, 2.05) is 0 Å². The molecule has 4 aromatic rings. The Morgan fingerprint density at radius 1 is 0.970 bits per heavy atom. The topological polar surface area (TPSA) is 102 Å². The van der Waals surface area contributed by atoms with Crippen LogP contribution >= 0.6 is 0 Å². The third-order valence-corrected chi connectivity index (χ3v) is 5.92. The summed E-state index contributed by atoms with van der Waals surface area (Å²) in [5, 5.41) is 3.09. The van der Waals surface area contributed by atoms with Crippen LogP contribution in [0.2, 0.25) is 0 Å². The first-order valence-electron chi connectivity index (χ1n) is 9.52. The molecule has 0 aliphatic heterocycles. The summed E-state index contributed by atoms with van der Waals surface area (Å²) in [6, 6.07) is 11.7. The summed E-state index contributed by atoms with van der Waals surface area (Å²) in [4.78, 5) is 11.8. The highest BCUT2D eigenvalue weighted by molar-refractivity contribution is 7.92. The highest BCUT2D eigenvalue weighted by atomic mass is 32.2. The molecule has 0 bridgehead atoms. The number of aryl methyl sites for hydroxylation is 1. The fourth-order valence-electron chi connectivity index (χ4n) is 3.06. The molecule has 33 heavy (non-hydrogen) atoms. The van der Waals surface area contributed by atoms with E-state index in [-0.39, 0.29) is 5.69 Å². The van der Waals surface area contributed by atoms with Gasteiger partial charge in [-0.05, 0) is 43.3 Å². The van der Waals surface area contributed by atoms with Crippen LogP contribution in [0.25, 0.3) is 5.82 Å². The summed E-state index contributed by atoms with van der Waals surface area (Å²) in [5.41, 5.74) is -0.539. The van der Waals surface area contributed by atoms with Crippen molar-refractivity contribution < 1.29 is 21.6 Å². The van der Waals surface area contributed by atoms with Gasteiger partial charge in [0.2, 0.25) is 0 Å². The molecule has 2 N–H and O–H groups in total. The Labute approximate surface area is 187 Å². The van der Waals surface area contributed by atoms with E-state index < -0.39 is 26.7 Å². The number of rotatable bonds is 6. The van der Waals surface area contributed by atoms with Gasteiger partial charge in [-0.2, -0.15) is 13.2 Å². The van der Waals surface area contributed by atoms with Crippen molar-refractivity contribution in [3.05, 3.63) is 84.7 Å². The van der Waals surface area contributed by atoms with Crippen molar-refractivity contribution >= 4 is 27.2 Å². The molecule has 4 rings (SSSR count). The molecule has 2 heterocycles. The summed E-state index contributed by atoms with van der Waals surface area (Å²) in [6.07, 6.45) is 0.161. The normalized spacial score (nSPS) is 11.9. The van der Waals surface area contributed by atoms with Gasteiger partial charge in [-0.15, -0.1) is 0 Å². The Balaban J connectivity index is 1.53. The number of imidazole rings is 1. The van der Waals surface area contributed by atoms with E-state index in [0.29, 0.717) is 23.1 Å². The Hall–Kier alpha value is -3.93. The molecule has 0 atom stereocenters. The SMILES string of the molecule is Cc1nc(Nc2ccc(NS(=O)(=O)c3ccccc3C(F)(F)F)cc2)cc(-n2ccnc2)n1. The van der Waals surface area contributed by atoms with Gasteiger partial charge in [0.15, 0.2) is 0 Å². The maximum atomic E-state index is 13.2. The summed E-state index contributed by atoms with van der Waals surface area (Å²) < 4.78 is 68.7. The molecule has 0 unspecified atom stereocenters. The molecule has 0 saturated carbocycles. The van der Waals surface area contributed by atoms with E-state index in [2.05, 4.69) is 25.0 Å². The average Bonchev–Trinajstić information content (AvgIpc) is 3.29.